The highest BCUT2D eigenvalue weighted by Gasteiger charge is 2.06. The van der Waals surface area contributed by atoms with Gasteiger partial charge in [0.1, 0.15) is 0 Å². The lowest BCUT2D eigenvalue weighted by molar-refractivity contribution is 0.520. The molecule has 3 N–H and O–H groups in total. The molecule has 0 saturated heterocycles. The molecular weight excluding hydrogens is 208 g/mol. The van der Waals surface area contributed by atoms with Crippen molar-refractivity contribution >= 4 is 11.4 Å². The molecule has 0 heterocycles. The van der Waals surface area contributed by atoms with Gasteiger partial charge in [0.2, 0.25) is 0 Å². The molecule has 0 fully saturated rings. The Morgan fingerprint density at radius 2 is 1.88 bits per heavy atom. The molecule has 2 nitrogen and oxygen atoms in total. The van der Waals surface area contributed by atoms with E-state index in [4.69, 9.17) is 5.73 Å². The first-order valence-electron chi connectivity index (χ1n) is 6.62. The van der Waals surface area contributed by atoms with Gasteiger partial charge >= 0.3 is 0 Å². The molecule has 2 heteroatoms. The van der Waals surface area contributed by atoms with Crippen molar-refractivity contribution in [2.45, 2.75) is 53.0 Å². The molecule has 0 radical (unpaired) electrons. The highest BCUT2D eigenvalue weighted by molar-refractivity contribution is 5.69. The first-order chi connectivity index (χ1) is 8.00. The van der Waals surface area contributed by atoms with Crippen molar-refractivity contribution in [1.29, 1.82) is 0 Å². The van der Waals surface area contributed by atoms with E-state index in [0.717, 1.165) is 22.9 Å². The largest absolute Gasteiger partial charge is 0.397 e. The normalized spacial score (nSPS) is 12.8. The number of anilines is 2. The zero-order valence-corrected chi connectivity index (χ0v) is 11.6. The number of benzene rings is 1. The maximum Gasteiger partial charge on any atom is 0.0579 e. The van der Waals surface area contributed by atoms with Crippen molar-refractivity contribution in [1.82, 2.24) is 0 Å². The van der Waals surface area contributed by atoms with Crippen LogP contribution >= 0.6 is 0 Å². The van der Waals surface area contributed by atoms with Crippen LogP contribution < -0.4 is 11.1 Å². The molecule has 1 atom stereocenters. The number of hydrogen-bond acceptors (Lipinski definition) is 2. The molecule has 0 aliphatic heterocycles. The van der Waals surface area contributed by atoms with Gasteiger partial charge in [-0.25, -0.2) is 0 Å². The van der Waals surface area contributed by atoms with Gasteiger partial charge in [0.15, 0.2) is 0 Å². The van der Waals surface area contributed by atoms with Crippen molar-refractivity contribution < 1.29 is 0 Å². The Morgan fingerprint density at radius 1 is 1.18 bits per heavy atom. The van der Waals surface area contributed by atoms with Crippen molar-refractivity contribution in [2.75, 3.05) is 11.1 Å². The molecule has 0 saturated carbocycles. The molecule has 1 aromatic carbocycles. The van der Waals surface area contributed by atoms with E-state index in [1.54, 1.807) is 0 Å². The minimum absolute atomic E-state index is 0.484. The summed E-state index contributed by atoms with van der Waals surface area (Å²) in [7, 11) is 0. The number of rotatable bonds is 6. The second kappa shape index (κ2) is 6.53. The summed E-state index contributed by atoms with van der Waals surface area (Å²) in [5.41, 5.74) is 9.14. The molecule has 0 aliphatic rings. The van der Waals surface area contributed by atoms with E-state index < -0.39 is 0 Å². The Morgan fingerprint density at radius 3 is 2.53 bits per heavy atom. The Hall–Kier alpha value is -1.18. The fourth-order valence-corrected chi connectivity index (χ4v) is 1.98. The van der Waals surface area contributed by atoms with Gasteiger partial charge in [0, 0.05) is 6.04 Å². The summed E-state index contributed by atoms with van der Waals surface area (Å²) in [5.74, 6) is 0.797. The quantitative estimate of drug-likeness (QED) is 0.724. The maximum atomic E-state index is 6.05. The molecule has 0 aliphatic carbocycles. The molecule has 1 unspecified atom stereocenters. The van der Waals surface area contributed by atoms with Crippen LogP contribution in [0.4, 0.5) is 11.4 Å². The maximum absolute atomic E-state index is 6.05. The van der Waals surface area contributed by atoms with Crippen LogP contribution in [0.5, 0.6) is 0 Å². The molecule has 0 bridgehead atoms. The van der Waals surface area contributed by atoms with Crippen molar-refractivity contribution in [3.63, 3.8) is 0 Å². The van der Waals surface area contributed by atoms with E-state index in [1.807, 2.05) is 13.0 Å². The zero-order chi connectivity index (χ0) is 12.8. The first-order valence-corrected chi connectivity index (χ1v) is 6.62. The summed E-state index contributed by atoms with van der Waals surface area (Å²) >= 11 is 0. The SMILES string of the molecule is Cc1cccc(NC(C)CCCC(C)C)c1N. The van der Waals surface area contributed by atoms with E-state index in [-0.39, 0.29) is 0 Å². The standard InChI is InChI=1S/C15H26N2/c1-11(2)7-5-9-13(4)17-14-10-6-8-12(3)15(14)16/h6,8,10-11,13,17H,5,7,9,16H2,1-4H3. The molecule has 96 valence electrons. The number of aryl methyl sites for hydroxylation is 1. The predicted octanol–water partition coefficient (Wildman–Crippen LogP) is 4.20. The second-order valence-electron chi connectivity index (χ2n) is 5.41. The number of para-hydroxylation sites is 1. The van der Waals surface area contributed by atoms with Crippen LogP contribution in [-0.2, 0) is 0 Å². The number of hydrogen-bond donors (Lipinski definition) is 2. The van der Waals surface area contributed by atoms with Crippen LogP contribution in [0.15, 0.2) is 18.2 Å². The summed E-state index contributed by atoms with van der Waals surface area (Å²) in [4.78, 5) is 0. The van der Waals surface area contributed by atoms with Crippen LogP contribution in [0.1, 0.15) is 45.6 Å². The van der Waals surface area contributed by atoms with E-state index in [1.165, 1.54) is 19.3 Å². The molecule has 0 amide bonds. The van der Waals surface area contributed by atoms with Gasteiger partial charge in [0.05, 0.1) is 11.4 Å². The Labute approximate surface area is 106 Å². The third-order valence-electron chi connectivity index (χ3n) is 3.14. The van der Waals surface area contributed by atoms with Crippen molar-refractivity contribution in [3.05, 3.63) is 23.8 Å². The van der Waals surface area contributed by atoms with Crippen LogP contribution in [-0.4, -0.2) is 6.04 Å². The highest BCUT2D eigenvalue weighted by Crippen LogP contribution is 2.23. The van der Waals surface area contributed by atoms with Gasteiger partial charge < -0.3 is 11.1 Å². The smallest absolute Gasteiger partial charge is 0.0579 e. The first kappa shape index (κ1) is 13.9. The number of nitrogens with one attached hydrogen (secondary N) is 1. The third-order valence-corrected chi connectivity index (χ3v) is 3.14. The lowest BCUT2D eigenvalue weighted by Gasteiger charge is -2.18. The summed E-state index contributed by atoms with van der Waals surface area (Å²) in [5, 5.41) is 3.50. The predicted molar refractivity (Wildman–Crippen MR) is 77.4 cm³/mol. The molecular formula is C15H26N2. The number of nitrogens with two attached hydrogens (primary N) is 1. The summed E-state index contributed by atoms with van der Waals surface area (Å²) in [6, 6.07) is 6.64. The topological polar surface area (TPSA) is 38.0 Å². The average molecular weight is 234 g/mol. The monoisotopic (exact) mass is 234 g/mol. The van der Waals surface area contributed by atoms with Crippen molar-refractivity contribution in [2.24, 2.45) is 5.92 Å². The zero-order valence-electron chi connectivity index (χ0n) is 11.6. The average Bonchev–Trinajstić information content (AvgIpc) is 2.24. The Balaban J connectivity index is 2.45. The van der Waals surface area contributed by atoms with E-state index >= 15 is 0 Å². The van der Waals surface area contributed by atoms with E-state index in [2.05, 4.69) is 38.2 Å². The molecule has 0 aromatic heterocycles. The van der Waals surface area contributed by atoms with Crippen LogP contribution in [0, 0.1) is 12.8 Å². The van der Waals surface area contributed by atoms with Gasteiger partial charge in [-0.15, -0.1) is 0 Å². The summed E-state index contributed by atoms with van der Waals surface area (Å²) in [6.45, 7) is 8.82. The van der Waals surface area contributed by atoms with Crippen molar-refractivity contribution in [3.8, 4) is 0 Å². The Bertz CT molecular complexity index is 345. The van der Waals surface area contributed by atoms with Gasteiger partial charge in [0.25, 0.3) is 0 Å². The third kappa shape index (κ3) is 4.68. The molecule has 17 heavy (non-hydrogen) atoms. The molecule has 1 aromatic rings. The van der Waals surface area contributed by atoms with Gasteiger partial charge in [-0.3, -0.25) is 0 Å². The number of nitrogen functional groups attached to an aromatic ring is 1. The fraction of sp³-hybridized carbons (Fsp3) is 0.600. The fourth-order valence-electron chi connectivity index (χ4n) is 1.98. The highest BCUT2D eigenvalue weighted by atomic mass is 14.9. The van der Waals surface area contributed by atoms with Crippen LogP contribution in [0.3, 0.4) is 0 Å². The molecule has 1 rings (SSSR count). The lowest BCUT2D eigenvalue weighted by Crippen LogP contribution is -2.16. The van der Waals surface area contributed by atoms with Gasteiger partial charge in [-0.1, -0.05) is 38.8 Å². The summed E-state index contributed by atoms with van der Waals surface area (Å²) in [6.07, 6.45) is 3.78. The summed E-state index contributed by atoms with van der Waals surface area (Å²) < 4.78 is 0. The van der Waals surface area contributed by atoms with Crippen LogP contribution in [0.2, 0.25) is 0 Å². The minimum Gasteiger partial charge on any atom is -0.397 e. The van der Waals surface area contributed by atoms with Gasteiger partial charge in [-0.05, 0) is 37.8 Å². The Kier molecular flexibility index (Phi) is 5.33. The minimum atomic E-state index is 0.484. The molecule has 0 spiro atoms. The van der Waals surface area contributed by atoms with E-state index in [0.29, 0.717) is 6.04 Å². The second-order valence-corrected chi connectivity index (χ2v) is 5.41. The van der Waals surface area contributed by atoms with Gasteiger partial charge in [-0.2, -0.15) is 0 Å². The lowest BCUT2D eigenvalue weighted by atomic mass is 10.0. The van der Waals surface area contributed by atoms with Crippen LogP contribution in [0.25, 0.3) is 0 Å². The van der Waals surface area contributed by atoms with E-state index in [9.17, 15) is 0 Å².